The summed E-state index contributed by atoms with van der Waals surface area (Å²) in [5.41, 5.74) is 1.55. The largest absolute Gasteiger partial charge is 0.276 e. The highest BCUT2D eigenvalue weighted by Crippen LogP contribution is 2.44. The van der Waals surface area contributed by atoms with Gasteiger partial charge in [-0.1, -0.05) is 43.1 Å². The van der Waals surface area contributed by atoms with Gasteiger partial charge in [-0.3, -0.25) is 4.68 Å². The average Bonchev–Trinajstić information content (AvgIpc) is 2.62. The van der Waals surface area contributed by atoms with Gasteiger partial charge in [0.2, 0.25) is 0 Å². The maximum Gasteiger partial charge on any atom is 0.0629 e. The lowest BCUT2D eigenvalue weighted by atomic mass is 9.67. The maximum absolute atomic E-state index is 4.53. The highest BCUT2D eigenvalue weighted by Gasteiger charge is 2.38. The van der Waals surface area contributed by atoms with Crippen LogP contribution in [-0.2, 0) is 13.5 Å². The van der Waals surface area contributed by atoms with Gasteiger partial charge in [-0.2, -0.15) is 5.10 Å². The number of nitrogens with zero attached hydrogens (tertiary/aromatic N) is 2. The van der Waals surface area contributed by atoms with Crippen molar-refractivity contribution in [3.8, 4) is 0 Å². The third kappa shape index (κ3) is 3.17. The Hall–Kier alpha value is -0.310. The first-order valence-electron chi connectivity index (χ1n) is 7.01. The number of rotatable bonds is 3. The van der Waals surface area contributed by atoms with E-state index in [1.807, 2.05) is 17.9 Å². The lowest BCUT2D eigenvalue weighted by Gasteiger charge is -2.42. The molecule has 3 heteroatoms. The summed E-state index contributed by atoms with van der Waals surface area (Å²) in [6.45, 7) is 7.17. The van der Waals surface area contributed by atoms with Gasteiger partial charge in [-0.05, 0) is 42.6 Å². The van der Waals surface area contributed by atoms with Crippen LogP contribution in [0.15, 0.2) is 12.3 Å². The third-order valence-corrected chi connectivity index (χ3v) is 5.46. The zero-order chi connectivity index (χ0) is 13.3. The Morgan fingerprint density at radius 1 is 1.44 bits per heavy atom. The predicted molar refractivity (Wildman–Crippen MR) is 79.9 cm³/mol. The molecule has 1 aliphatic carbocycles. The molecule has 1 saturated carbocycles. The van der Waals surface area contributed by atoms with E-state index in [9.17, 15) is 0 Å². The molecule has 3 atom stereocenters. The van der Waals surface area contributed by atoms with Crippen molar-refractivity contribution >= 4 is 15.9 Å². The topological polar surface area (TPSA) is 17.8 Å². The zero-order valence-electron chi connectivity index (χ0n) is 12.0. The molecule has 2 rings (SSSR count). The standard InChI is InChI=1S/C15H25BrN2/c1-11-5-6-13(14(16)9-11)15(2,3)10-12-7-8-18(4)17-12/h7-8,11,13-14H,5-6,9-10H2,1-4H3. The Morgan fingerprint density at radius 3 is 2.72 bits per heavy atom. The SMILES string of the molecule is CC1CCC(C(C)(C)Cc2ccn(C)n2)C(Br)C1. The summed E-state index contributed by atoms with van der Waals surface area (Å²) in [5, 5.41) is 4.53. The van der Waals surface area contributed by atoms with E-state index in [4.69, 9.17) is 0 Å². The molecule has 1 heterocycles. The van der Waals surface area contributed by atoms with Crippen molar-refractivity contribution in [1.29, 1.82) is 0 Å². The molecule has 0 N–H and O–H groups in total. The van der Waals surface area contributed by atoms with Crippen LogP contribution in [-0.4, -0.2) is 14.6 Å². The molecule has 0 bridgehead atoms. The van der Waals surface area contributed by atoms with Crippen LogP contribution in [0.25, 0.3) is 0 Å². The van der Waals surface area contributed by atoms with Crippen LogP contribution >= 0.6 is 15.9 Å². The van der Waals surface area contributed by atoms with Gasteiger partial charge in [0.15, 0.2) is 0 Å². The number of aryl methyl sites for hydroxylation is 1. The molecule has 0 radical (unpaired) electrons. The fourth-order valence-corrected chi connectivity index (χ4v) is 4.97. The summed E-state index contributed by atoms with van der Waals surface area (Å²) < 4.78 is 1.90. The van der Waals surface area contributed by atoms with Gasteiger partial charge in [0, 0.05) is 18.1 Å². The molecule has 0 amide bonds. The molecule has 102 valence electrons. The van der Waals surface area contributed by atoms with Crippen LogP contribution in [0.3, 0.4) is 0 Å². The first kappa shape index (κ1) is 14.1. The minimum absolute atomic E-state index is 0.322. The first-order chi connectivity index (χ1) is 8.38. The van der Waals surface area contributed by atoms with Crippen molar-refractivity contribution in [3.63, 3.8) is 0 Å². The van der Waals surface area contributed by atoms with Crippen LogP contribution in [0.2, 0.25) is 0 Å². The monoisotopic (exact) mass is 312 g/mol. The van der Waals surface area contributed by atoms with Crippen LogP contribution in [0, 0.1) is 17.3 Å². The van der Waals surface area contributed by atoms with Gasteiger partial charge in [-0.25, -0.2) is 0 Å². The summed E-state index contributed by atoms with van der Waals surface area (Å²) in [4.78, 5) is 0.667. The lowest BCUT2D eigenvalue weighted by molar-refractivity contribution is 0.145. The van der Waals surface area contributed by atoms with E-state index in [-0.39, 0.29) is 0 Å². The molecule has 18 heavy (non-hydrogen) atoms. The Kier molecular flexibility index (Phi) is 4.20. The molecule has 1 aliphatic rings. The Balaban J connectivity index is 2.05. The Bertz CT molecular complexity index is 397. The smallest absolute Gasteiger partial charge is 0.0629 e. The molecule has 1 aromatic heterocycles. The van der Waals surface area contributed by atoms with E-state index in [1.165, 1.54) is 25.0 Å². The highest BCUT2D eigenvalue weighted by molar-refractivity contribution is 9.09. The van der Waals surface area contributed by atoms with Crippen molar-refractivity contribution in [2.24, 2.45) is 24.3 Å². The van der Waals surface area contributed by atoms with E-state index in [1.54, 1.807) is 0 Å². The lowest BCUT2D eigenvalue weighted by Crippen LogP contribution is -2.37. The van der Waals surface area contributed by atoms with Gasteiger partial charge in [0.05, 0.1) is 5.69 Å². The van der Waals surface area contributed by atoms with Gasteiger partial charge in [0.1, 0.15) is 0 Å². The van der Waals surface area contributed by atoms with Crippen molar-refractivity contribution in [2.75, 3.05) is 0 Å². The number of hydrogen-bond donors (Lipinski definition) is 0. The Labute approximate surface area is 119 Å². The van der Waals surface area contributed by atoms with E-state index in [0.29, 0.717) is 10.2 Å². The van der Waals surface area contributed by atoms with Gasteiger partial charge < -0.3 is 0 Å². The van der Waals surface area contributed by atoms with Gasteiger partial charge >= 0.3 is 0 Å². The quantitative estimate of drug-likeness (QED) is 0.765. The average molecular weight is 313 g/mol. The summed E-state index contributed by atoms with van der Waals surface area (Å²) in [6.07, 6.45) is 7.15. The summed E-state index contributed by atoms with van der Waals surface area (Å²) >= 11 is 3.92. The number of alkyl halides is 1. The van der Waals surface area contributed by atoms with Gasteiger partial charge in [-0.15, -0.1) is 0 Å². The second-order valence-electron chi connectivity index (χ2n) is 6.69. The van der Waals surface area contributed by atoms with Crippen LogP contribution in [0.4, 0.5) is 0 Å². The minimum atomic E-state index is 0.322. The normalized spacial score (nSPS) is 29.5. The molecule has 1 aromatic rings. The molecule has 0 aromatic carbocycles. The van der Waals surface area contributed by atoms with E-state index >= 15 is 0 Å². The van der Waals surface area contributed by atoms with Crippen LogP contribution < -0.4 is 0 Å². The zero-order valence-corrected chi connectivity index (χ0v) is 13.6. The second-order valence-corrected chi connectivity index (χ2v) is 7.86. The molecule has 0 saturated heterocycles. The number of halogens is 1. The number of aromatic nitrogens is 2. The number of hydrogen-bond acceptors (Lipinski definition) is 1. The fraction of sp³-hybridized carbons (Fsp3) is 0.800. The molecule has 1 fully saturated rings. The molecule has 3 unspecified atom stereocenters. The molecular weight excluding hydrogens is 288 g/mol. The van der Waals surface area contributed by atoms with Crippen molar-refractivity contribution < 1.29 is 0 Å². The van der Waals surface area contributed by atoms with E-state index in [0.717, 1.165) is 18.3 Å². The van der Waals surface area contributed by atoms with Crippen molar-refractivity contribution in [3.05, 3.63) is 18.0 Å². The molecule has 0 spiro atoms. The second kappa shape index (κ2) is 5.36. The van der Waals surface area contributed by atoms with Crippen LogP contribution in [0.1, 0.15) is 45.7 Å². The van der Waals surface area contributed by atoms with E-state index < -0.39 is 0 Å². The maximum atomic E-state index is 4.53. The minimum Gasteiger partial charge on any atom is -0.276 e. The molecular formula is C15H25BrN2. The molecule has 0 aliphatic heterocycles. The molecule has 2 nitrogen and oxygen atoms in total. The third-order valence-electron chi connectivity index (χ3n) is 4.44. The Morgan fingerprint density at radius 2 is 2.17 bits per heavy atom. The summed E-state index contributed by atoms with van der Waals surface area (Å²) in [7, 11) is 1.99. The highest BCUT2D eigenvalue weighted by atomic mass is 79.9. The summed E-state index contributed by atoms with van der Waals surface area (Å²) in [5.74, 6) is 1.63. The van der Waals surface area contributed by atoms with Gasteiger partial charge in [0.25, 0.3) is 0 Å². The summed E-state index contributed by atoms with van der Waals surface area (Å²) in [6, 6.07) is 2.15. The predicted octanol–water partition coefficient (Wildman–Crippen LogP) is 4.19. The van der Waals surface area contributed by atoms with Crippen molar-refractivity contribution in [1.82, 2.24) is 9.78 Å². The van der Waals surface area contributed by atoms with E-state index in [2.05, 4.69) is 47.9 Å². The van der Waals surface area contributed by atoms with Crippen molar-refractivity contribution in [2.45, 2.75) is 51.3 Å². The fourth-order valence-electron chi connectivity index (χ4n) is 3.35. The first-order valence-corrected chi connectivity index (χ1v) is 7.92. The van der Waals surface area contributed by atoms with Crippen LogP contribution in [0.5, 0.6) is 0 Å².